The highest BCUT2D eigenvalue weighted by Crippen LogP contribution is 2.19. The number of carbonyl (C=O) groups excluding carboxylic acids is 1. The number of hydrogen-bond donors (Lipinski definition) is 2. The second-order valence-corrected chi connectivity index (χ2v) is 5.68. The van der Waals surface area contributed by atoms with Gasteiger partial charge in [0.05, 0.1) is 13.7 Å². The molecule has 2 aromatic carbocycles. The number of para-hydroxylation sites is 1. The zero-order valence-corrected chi connectivity index (χ0v) is 14.1. The van der Waals surface area contributed by atoms with E-state index in [1.165, 1.54) is 0 Å². The number of nitrogens with one attached hydrogen (secondary N) is 2. The van der Waals surface area contributed by atoms with Gasteiger partial charge in [0, 0.05) is 10.7 Å². The SMILES string of the molecule is COc1ccccc1CCNCC(=O)Nc1ccc(Cl)cc1C. The van der Waals surface area contributed by atoms with Crippen LogP contribution in [0.2, 0.25) is 5.02 Å². The van der Waals surface area contributed by atoms with Crippen molar-refractivity contribution in [3.63, 3.8) is 0 Å². The smallest absolute Gasteiger partial charge is 0.238 e. The number of rotatable bonds is 7. The molecule has 0 saturated carbocycles. The Hall–Kier alpha value is -2.04. The standard InChI is InChI=1S/C18H21ClN2O2/c1-13-11-15(19)7-8-16(13)21-18(22)12-20-10-9-14-5-3-4-6-17(14)23-2/h3-8,11,20H,9-10,12H2,1-2H3,(H,21,22). The van der Waals surface area contributed by atoms with Crippen LogP contribution in [-0.2, 0) is 11.2 Å². The maximum atomic E-state index is 12.0. The zero-order valence-electron chi connectivity index (χ0n) is 13.4. The summed E-state index contributed by atoms with van der Waals surface area (Å²) in [5, 5.41) is 6.68. The van der Waals surface area contributed by atoms with Crippen molar-refractivity contribution < 1.29 is 9.53 Å². The van der Waals surface area contributed by atoms with Gasteiger partial charge in [0.25, 0.3) is 0 Å². The van der Waals surface area contributed by atoms with Gasteiger partial charge in [-0.1, -0.05) is 29.8 Å². The molecule has 5 heteroatoms. The van der Waals surface area contributed by atoms with E-state index in [9.17, 15) is 4.79 Å². The Balaban J connectivity index is 1.76. The highest BCUT2D eigenvalue weighted by molar-refractivity contribution is 6.30. The molecule has 2 N–H and O–H groups in total. The van der Waals surface area contributed by atoms with Gasteiger partial charge in [-0.2, -0.15) is 0 Å². The number of aryl methyl sites for hydroxylation is 1. The van der Waals surface area contributed by atoms with Crippen molar-refractivity contribution in [3.8, 4) is 5.75 Å². The fraction of sp³-hybridized carbons (Fsp3) is 0.278. The molecule has 0 aromatic heterocycles. The third kappa shape index (κ3) is 5.27. The summed E-state index contributed by atoms with van der Waals surface area (Å²) in [4.78, 5) is 12.0. The molecule has 2 aromatic rings. The Morgan fingerprint density at radius 3 is 2.74 bits per heavy atom. The molecule has 4 nitrogen and oxygen atoms in total. The van der Waals surface area contributed by atoms with Crippen LogP contribution in [0.1, 0.15) is 11.1 Å². The molecule has 0 aliphatic carbocycles. The first kappa shape index (κ1) is 17.3. The van der Waals surface area contributed by atoms with Gasteiger partial charge >= 0.3 is 0 Å². The van der Waals surface area contributed by atoms with Crippen LogP contribution in [0.4, 0.5) is 5.69 Å². The summed E-state index contributed by atoms with van der Waals surface area (Å²) in [6.07, 6.45) is 0.803. The monoisotopic (exact) mass is 332 g/mol. The van der Waals surface area contributed by atoms with Crippen molar-refractivity contribution in [2.75, 3.05) is 25.5 Å². The molecule has 0 atom stereocenters. The molecule has 2 rings (SSSR count). The van der Waals surface area contributed by atoms with E-state index in [4.69, 9.17) is 16.3 Å². The molecule has 0 heterocycles. The summed E-state index contributed by atoms with van der Waals surface area (Å²) in [6.45, 7) is 2.88. The number of ether oxygens (including phenoxy) is 1. The molecular formula is C18H21ClN2O2. The number of methoxy groups -OCH3 is 1. The Morgan fingerprint density at radius 1 is 1.22 bits per heavy atom. The minimum absolute atomic E-state index is 0.0737. The lowest BCUT2D eigenvalue weighted by Crippen LogP contribution is -2.29. The molecule has 0 spiro atoms. The Kier molecular flexibility index (Phi) is 6.44. The van der Waals surface area contributed by atoms with Crippen molar-refractivity contribution in [3.05, 3.63) is 58.6 Å². The van der Waals surface area contributed by atoms with Crippen molar-refractivity contribution >= 4 is 23.2 Å². The molecule has 0 aliphatic rings. The molecule has 0 fully saturated rings. The minimum atomic E-state index is -0.0737. The van der Waals surface area contributed by atoms with E-state index in [1.807, 2.05) is 43.3 Å². The van der Waals surface area contributed by atoms with Crippen molar-refractivity contribution in [2.45, 2.75) is 13.3 Å². The van der Waals surface area contributed by atoms with Gasteiger partial charge in [-0.3, -0.25) is 4.79 Å². The predicted molar refractivity (Wildman–Crippen MR) is 94.4 cm³/mol. The van der Waals surface area contributed by atoms with Crippen LogP contribution < -0.4 is 15.4 Å². The third-order valence-corrected chi connectivity index (χ3v) is 3.75. The van der Waals surface area contributed by atoms with Gasteiger partial charge in [-0.15, -0.1) is 0 Å². The number of hydrogen-bond acceptors (Lipinski definition) is 3. The van der Waals surface area contributed by atoms with Crippen molar-refractivity contribution in [1.82, 2.24) is 5.32 Å². The summed E-state index contributed by atoms with van der Waals surface area (Å²) >= 11 is 5.90. The zero-order chi connectivity index (χ0) is 16.7. The van der Waals surface area contributed by atoms with Gasteiger partial charge in [0.15, 0.2) is 0 Å². The quantitative estimate of drug-likeness (QED) is 0.764. The Morgan fingerprint density at radius 2 is 2.00 bits per heavy atom. The predicted octanol–water partition coefficient (Wildman–Crippen LogP) is 3.43. The van der Waals surface area contributed by atoms with E-state index in [0.29, 0.717) is 11.6 Å². The maximum absolute atomic E-state index is 12.0. The number of amides is 1. The third-order valence-electron chi connectivity index (χ3n) is 3.51. The molecule has 23 heavy (non-hydrogen) atoms. The lowest BCUT2D eigenvalue weighted by atomic mass is 10.1. The Bertz CT molecular complexity index is 674. The van der Waals surface area contributed by atoms with Crippen molar-refractivity contribution in [1.29, 1.82) is 0 Å². The molecule has 0 aliphatic heterocycles. The van der Waals surface area contributed by atoms with Crippen LogP contribution in [0.25, 0.3) is 0 Å². The van der Waals surface area contributed by atoms with E-state index in [-0.39, 0.29) is 12.5 Å². The van der Waals surface area contributed by atoms with Crippen molar-refractivity contribution in [2.24, 2.45) is 0 Å². The van der Waals surface area contributed by atoms with Gasteiger partial charge in [0.2, 0.25) is 5.91 Å². The van der Waals surface area contributed by atoms with E-state index >= 15 is 0 Å². The second kappa shape index (κ2) is 8.56. The molecule has 0 unspecified atom stereocenters. The summed E-state index contributed by atoms with van der Waals surface area (Å²) < 4.78 is 5.31. The Labute approximate surface area is 141 Å². The molecule has 0 saturated heterocycles. The van der Waals surface area contributed by atoms with E-state index in [1.54, 1.807) is 13.2 Å². The number of halogens is 1. The molecule has 122 valence electrons. The average Bonchev–Trinajstić information content (AvgIpc) is 2.54. The van der Waals surface area contributed by atoms with Crippen LogP contribution in [0.3, 0.4) is 0 Å². The van der Waals surface area contributed by atoms with Gasteiger partial charge in [-0.25, -0.2) is 0 Å². The number of anilines is 1. The van der Waals surface area contributed by atoms with Gasteiger partial charge in [-0.05, 0) is 55.3 Å². The van der Waals surface area contributed by atoms with Crippen LogP contribution in [0.5, 0.6) is 5.75 Å². The number of carbonyl (C=O) groups is 1. The van der Waals surface area contributed by atoms with Crippen LogP contribution in [-0.4, -0.2) is 26.1 Å². The van der Waals surface area contributed by atoms with Gasteiger partial charge in [0.1, 0.15) is 5.75 Å². The highest BCUT2D eigenvalue weighted by atomic mass is 35.5. The topological polar surface area (TPSA) is 50.4 Å². The van der Waals surface area contributed by atoms with Gasteiger partial charge < -0.3 is 15.4 Å². The van der Waals surface area contributed by atoms with Crippen LogP contribution in [0.15, 0.2) is 42.5 Å². The lowest BCUT2D eigenvalue weighted by molar-refractivity contribution is -0.115. The van der Waals surface area contributed by atoms with Crippen LogP contribution in [0, 0.1) is 6.92 Å². The molecular weight excluding hydrogens is 312 g/mol. The fourth-order valence-corrected chi connectivity index (χ4v) is 2.52. The summed E-state index contributed by atoms with van der Waals surface area (Å²) in [5.41, 5.74) is 2.85. The first-order valence-corrected chi connectivity index (χ1v) is 7.86. The summed E-state index contributed by atoms with van der Waals surface area (Å²) in [5.74, 6) is 0.797. The lowest BCUT2D eigenvalue weighted by Gasteiger charge is -2.10. The van der Waals surface area contributed by atoms with E-state index in [0.717, 1.165) is 29.0 Å². The highest BCUT2D eigenvalue weighted by Gasteiger charge is 2.06. The fourth-order valence-electron chi connectivity index (χ4n) is 2.30. The summed E-state index contributed by atoms with van der Waals surface area (Å²) in [7, 11) is 1.66. The van der Waals surface area contributed by atoms with E-state index < -0.39 is 0 Å². The largest absolute Gasteiger partial charge is 0.496 e. The molecule has 1 amide bonds. The first-order valence-electron chi connectivity index (χ1n) is 7.49. The normalized spacial score (nSPS) is 10.4. The maximum Gasteiger partial charge on any atom is 0.238 e. The second-order valence-electron chi connectivity index (χ2n) is 5.25. The molecule has 0 bridgehead atoms. The van der Waals surface area contributed by atoms with Crippen LogP contribution >= 0.6 is 11.6 Å². The van der Waals surface area contributed by atoms with E-state index in [2.05, 4.69) is 10.6 Å². The number of benzene rings is 2. The average molecular weight is 333 g/mol. The molecule has 0 radical (unpaired) electrons. The first-order chi connectivity index (χ1) is 11.1. The minimum Gasteiger partial charge on any atom is -0.496 e. The summed E-state index contributed by atoms with van der Waals surface area (Å²) in [6, 6.07) is 13.3.